The van der Waals surface area contributed by atoms with Gasteiger partial charge in [0.25, 0.3) is 5.70 Å². The summed E-state index contributed by atoms with van der Waals surface area (Å²) in [5.41, 5.74) is 1.66. The van der Waals surface area contributed by atoms with Gasteiger partial charge in [-0.25, -0.2) is 14.5 Å². The quantitative estimate of drug-likeness (QED) is 0.547. The predicted octanol–water partition coefficient (Wildman–Crippen LogP) is 2.93. The Morgan fingerprint density at radius 2 is 2.29 bits per heavy atom. The van der Waals surface area contributed by atoms with Gasteiger partial charge in [-0.05, 0) is 30.0 Å². The highest BCUT2D eigenvalue weighted by Crippen LogP contribution is 2.39. The highest BCUT2D eigenvalue weighted by atomic mass is 19.1. The first kappa shape index (κ1) is 11.2. The van der Waals surface area contributed by atoms with Gasteiger partial charge in [-0.3, -0.25) is 0 Å². The number of ether oxygens (including phenoxy) is 1. The second-order valence-corrected chi connectivity index (χ2v) is 3.67. The molecule has 0 saturated carbocycles. The average Bonchev–Trinajstić information content (AvgIpc) is 2.76. The number of rotatable bonds is 1. The number of halogens is 1. The lowest BCUT2D eigenvalue weighted by Gasteiger charge is -2.07. The molecule has 1 aromatic carbocycles. The maximum Gasteiger partial charge on any atom is 0.265 e. The van der Waals surface area contributed by atoms with Crippen LogP contribution in [0.3, 0.4) is 0 Å². The zero-order chi connectivity index (χ0) is 12.4. The monoisotopic (exact) mass is 228 g/mol. The van der Waals surface area contributed by atoms with Gasteiger partial charge >= 0.3 is 0 Å². The van der Waals surface area contributed by atoms with E-state index in [1.54, 1.807) is 12.1 Å². The van der Waals surface area contributed by atoms with Crippen LogP contribution < -0.4 is 4.74 Å². The van der Waals surface area contributed by atoms with Gasteiger partial charge in [0.05, 0.1) is 19.8 Å². The van der Waals surface area contributed by atoms with Gasteiger partial charge in [0, 0.05) is 5.56 Å². The van der Waals surface area contributed by atoms with E-state index in [0.29, 0.717) is 24.0 Å². The fraction of sp³-hybridized carbons (Fsp3) is 0.231. The van der Waals surface area contributed by atoms with Gasteiger partial charge < -0.3 is 4.74 Å². The summed E-state index contributed by atoms with van der Waals surface area (Å²) in [5.74, 6) is -0.334. The fourth-order valence-electron chi connectivity index (χ4n) is 2.07. The molecule has 2 rings (SSSR count). The van der Waals surface area contributed by atoms with E-state index < -0.39 is 5.82 Å². The van der Waals surface area contributed by atoms with Crippen LogP contribution in [-0.2, 0) is 6.42 Å². The molecule has 0 radical (unpaired) electrons. The van der Waals surface area contributed by atoms with E-state index >= 15 is 0 Å². The van der Waals surface area contributed by atoms with Crippen LogP contribution in [0.15, 0.2) is 17.8 Å². The van der Waals surface area contributed by atoms with E-state index in [9.17, 15) is 4.39 Å². The molecular formula is C13H9FN2O. The molecule has 0 N–H and O–H groups in total. The Bertz CT molecular complexity index is 575. The zero-order valence-corrected chi connectivity index (χ0v) is 9.25. The largest absolute Gasteiger partial charge is 0.494 e. The summed E-state index contributed by atoms with van der Waals surface area (Å²) in [5, 5.41) is 8.85. The number of nitrogens with zero attached hydrogens (tertiary/aromatic N) is 2. The van der Waals surface area contributed by atoms with Crippen LogP contribution in [0.4, 0.5) is 4.39 Å². The molecule has 0 fully saturated rings. The Hall–Kier alpha value is -2.33. The highest BCUT2D eigenvalue weighted by Gasteiger charge is 2.25. The third kappa shape index (κ3) is 1.64. The lowest BCUT2D eigenvalue weighted by Crippen LogP contribution is -1.94. The Morgan fingerprint density at radius 3 is 2.88 bits per heavy atom. The van der Waals surface area contributed by atoms with Gasteiger partial charge in [-0.2, -0.15) is 0 Å². The van der Waals surface area contributed by atoms with Gasteiger partial charge in [-0.15, -0.1) is 0 Å². The molecule has 1 aliphatic rings. The molecule has 0 aliphatic heterocycles. The minimum atomic E-state index is -0.478. The van der Waals surface area contributed by atoms with Crippen LogP contribution in [0.1, 0.15) is 17.5 Å². The first-order valence-electron chi connectivity index (χ1n) is 5.09. The van der Waals surface area contributed by atoms with E-state index in [4.69, 9.17) is 16.6 Å². The summed E-state index contributed by atoms with van der Waals surface area (Å²) in [6.07, 6.45) is 1.19. The minimum absolute atomic E-state index is 0.0316. The SMILES string of the molecule is [C-]#[N+]C(C#N)=C1CCc2ccc(OC)c(F)c21. The van der Waals surface area contributed by atoms with Crippen LogP contribution in [0, 0.1) is 23.7 Å². The number of allylic oxidation sites excluding steroid dienone is 2. The van der Waals surface area contributed by atoms with Crippen molar-refractivity contribution in [1.82, 2.24) is 0 Å². The molecule has 0 bridgehead atoms. The van der Waals surface area contributed by atoms with Crippen LogP contribution in [0.2, 0.25) is 0 Å². The van der Waals surface area contributed by atoms with Gasteiger partial charge in [0.2, 0.25) is 0 Å². The first-order valence-corrected chi connectivity index (χ1v) is 5.09. The summed E-state index contributed by atoms with van der Waals surface area (Å²) in [4.78, 5) is 3.15. The summed E-state index contributed by atoms with van der Waals surface area (Å²) in [7, 11) is 1.39. The number of nitriles is 1. The Morgan fingerprint density at radius 1 is 1.53 bits per heavy atom. The van der Waals surface area contributed by atoms with E-state index in [-0.39, 0.29) is 11.4 Å². The Labute approximate surface area is 98.6 Å². The zero-order valence-electron chi connectivity index (χ0n) is 9.25. The molecule has 3 nitrogen and oxygen atoms in total. The van der Waals surface area contributed by atoms with Crippen molar-refractivity contribution < 1.29 is 9.13 Å². The molecule has 84 valence electrons. The van der Waals surface area contributed by atoms with Crippen molar-refractivity contribution in [3.63, 3.8) is 0 Å². The lowest BCUT2D eigenvalue weighted by molar-refractivity contribution is 0.386. The first-order chi connectivity index (χ1) is 8.22. The number of hydrogen-bond acceptors (Lipinski definition) is 2. The number of benzene rings is 1. The molecule has 1 aromatic rings. The molecule has 17 heavy (non-hydrogen) atoms. The van der Waals surface area contributed by atoms with Gasteiger partial charge in [-0.1, -0.05) is 6.07 Å². The smallest absolute Gasteiger partial charge is 0.265 e. The van der Waals surface area contributed by atoms with Crippen LogP contribution in [-0.4, -0.2) is 7.11 Å². The Kier molecular flexibility index (Phi) is 2.80. The molecule has 0 unspecified atom stereocenters. The summed E-state index contributed by atoms with van der Waals surface area (Å²) < 4.78 is 19.0. The van der Waals surface area contributed by atoms with Crippen molar-refractivity contribution in [2.24, 2.45) is 0 Å². The average molecular weight is 228 g/mol. The molecule has 0 spiro atoms. The van der Waals surface area contributed by atoms with Gasteiger partial charge in [0.1, 0.15) is 0 Å². The molecule has 0 aromatic heterocycles. The highest BCUT2D eigenvalue weighted by molar-refractivity contribution is 5.79. The van der Waals surface area contributed by atoms with Crippen molar-refractivity contribution in [3.05, 3.63) is 46.2 Å². The summed E-state index contributed by atoms with van der Waals surface area (Å²) in [6, 6.07) is 5.17. The minimum Gasteiger partial charge on any atom is -0.494 e. The predicted molar refractivity (Wildman–Crippen MR) is 60.4 cm³/mol. The molecule has 0 heterocycles. The Balaban J connectivity index is 2.71. The molecule has 4 heteroatoms. The lowest BCUT2D eigenvalue weighted by atomic mass is 10.0. The number of aryl methyl sites for hydroxylation is 1. The van der Waals surface area contributed by atoms with E-state index in [2.05, 4.69) is 4.85 Å². The number of hydrogen-bond donors (Lipinski definition) is 0. The third-order valence-electron chi connectivity index (χ3n) is 2.86. The number of fused-ring (bicyclic) bond motifs is 1. The summed E-state index contributed by atoms with van der Waals surface area (Å²) in [6.45, 7) is 6.93. The van der Waals surface area contributed by atoms with Crippen LogP contribution >= 0.6 is 0 Å². The molecule has 1 aliphatic carbocycles. The standard InChI is InChI=1S/C13H9FN2O/c1-16-10(7-15)9-5-3-8-4-6-11(17-2)13(14)12(8)9/h4,6H,3,5H2,2H3. The maximum absolute atomic E-state index is 14.1. The molecule has 0 amide bonds. The van der Waals surface area contributed by atoms with Gasteiger partial charge in [0.15, 0.2) is 11.6 Å². The topological polar surface area (TPSA) is 37.4 Å². The van der Waals surface area contributed by atoms with Crippen molar-refractivity contribution in [2.45, 2.75) is 12.8 Å². The van der Waals surface area contributed by atoms with Crippen molar-refractivity contribution in [1.29, 1.82) is 5.26 Å². The van der Waals surface area contributed by atoms with Crippen molar-refractivity contribution in [3.8, 4) is 11.8 Å². The molecule has 0 saturated heterocycles. The second-order valence-electron chi connectivity index (χ2n) is 3.67. The van der Waals surface area contributed by atoms with Crippen LogP contribution in [0.25, 0.3) is 10.4 Å². The van der Waals surface area contributed by atoms with E-state index in [1.807, 2.05) is 6.07 Å². The van der Waals surface area contributed by atoms with Crippen molar-refractivity contribution >= 4 is 5.57 Å². The maximum atomic E-state index is 14.1. The normalized spacial score (nSPS) is 15.8. The van der Waals surface area contributed by atoms with Crippen LogP contribution in [0.5, 0.6) is 5.75 Å². The summed E-state index contributed by atoms with van der Waals surface area (Å²) >= 11 is 0. The molecule has 0 atom stereocenters. The number of methoxy groups -OCH3 is 1. The fourth-order valence-corrected chi connectivity index (χ4v) is 2.07. The van der Waals surface area contributed by atoms with E-state index in [1.165, 1.54) is 7.11 Å². The van der Waals surface area contributed by atoms with Crippen molar-refractivity contribution in [2.75, 3.05) is 7.11 Å². The van der Waals surface area contributed by atoms with E-state index in [0.717, 1.165) is 5.56 Å². The third-order valence-corrected chi connectivity index (χ3v) is 2.86. The second kappa shape index (κ2) is 4.27. The molecular weight excluding hydrogens is 219 g/mol.